The second kappa shape index (κ2) is 7.62. The van der Waals surface area contributed by atoms with E-state index in [0.29, 0.717) is 5.56 Å². The molecule has 0 radical (unpaired) electrons. The first-order chi connectivity index (χ1) is 14.3. The maximum atomic E-state index is 12.6. The largest absolute Gasteiger partial charge is 0.457 e. The Morgan fingerprint density at radius 1 is 1.17 bits per heavy atom. The SMILES string of the molecule is Cc1ccc(C(=O)COC(=O)CCN2C(=O)[C@@H]3[C@H]4CC[C@@H](C4)[C@@H]3C2=O)cc1[N+](=O)[O-]. The molecule has 3 fully saturated rings. The number of nitrogens with zero attached hydrogens (tertiary/aromatic N) is 2. The Bertz CT molecular complexity index is 929. The van der Waals surface area contributed by atoms with E-state index in [1.807, 2.05) is 0 Å². The van der Waals surface area contributed by atoms with Crippen molar-refractivity contribution < 1.29 is 28.8 Å². The zero-order valence-electron chi connectivity index (χ0n) is 16.5. The average Bonchev–Trinajstić information content (AvgIpc) is 3.39. The van der Waals surface area contributed by atoms with E-state index in [0.717, 1.165) is 25.3 Å². The van der Waals surface area contributed by atoms with E-state index in [-0.39, 0.29) is 59.7 Å². The molecule has 2 bridgehead atoms. The third-order valence-corrected chi connectivity index (χ3v) is 6.65. The maximum absolute atomic E-state index is 12.6. The summed E-state index contributed by atoms with van der Waals surface area (Å²) in [6, 6.07) is 4.05. The van der Waals surface area contributed by atoms with Gasteiger partial charge >= 0.3 is 5.97 Å². The summed E-state index contributed by atoms with van der Waals surface area (Å²) in [7, 11) is 0. The Balaban J connectivity index is 1.29. The normalized spacial score (nSPS) is 26.8. The molecule has 2 aliphatic carbocycles. The summed E-state index contributed by atoms with van der Waals surface area (Å²) in [6.45, 7) is 0.955. The molecule has 158 valence electrons. The van der Waals surface area contributed by atoms with Crippen LogP contribution in [0.2, 0.25) is 0 Å². The molecule has 4 atom stereocenters. The molecule has 1 saturated heterocycles. The first-order valence-corrected chi connectivity index (χ1v) is 10.1. The van der Waals surface area contributed by atoms with Gasteiger partial charge in [-0.05, 0) is 38.0 Å². The first-order valence-electron chi connectivity index (χ1n) is 10.1. The van der Waals surface area contributed by atoms with E-state index in [9.17, 15) is 29.3 Å². The van der Waals surface area contributed by atoms with Gasteiger partial charge in [0.05, 0.1) is 23.2 Å². The summed E-state index contributed by atoms with van der Waals surface area (Å²) in [5, 5.41) is 11.0. The number of esters is 1. The van der Waals surface area contributed by atoms with Gasteiger partial charge in [-0.3, -0.25) is 34.2 Å². The van der Waals surface area contributed by atoms with Gasteiger partial charge in [0.25, 0.3) is 5.69 Å². The number of ketones is 1. The van der Waals surface area contributed by atoms with Crippen LogP contribution < -0.4 is 0 Å². The second-order valence-electron chi connectivity index (χ2n) is 8.31. The molecule has 0 aromatic heterocycles. The van der Waals surface area contributed by atoms with Gasteiger partial charge in [-0.1, -0.05) is 12.1 Å². The Morgan fingerprint density at radius 3 is 2.40 bits per heavy atom. The molecule has 9 heteroatoms. The van der Waals surface area contributed by atoms with Crippen LogP contribution >= 0.6 is 0 Å². The minimum Gasteiger partial charge on any atom is -0.457 e. The van der Waals surface area contributed by atoms with Crippen molar-refractivity contribution in [3.05, 3.63) is 39.4 Å². The molecule has 1 aromatic carbocycles. The molecule has 0 spiro atoms. The van der Waals surface area contributed by atoms with Gasteiger partial charge in [-0.2, -0.15) is 0 Å². The predicted octanol–water partition coefficient (Wildman–Crippen LogP) is 2.05. The van der Waals surface area contributed by atoms with Crippen LogP contribution in [0.15, 0.2) is 18.2 Å². The molecule has 2 saturated carbocycles. The number of rotatable bonds is 7. The van der Waals surface area contributed by atoms with Crippen LogP contribution in [-0.2, 0) is 19.1 Å². The van der Waals surface area contributed by atoms with E-state index in [2.05, 4.69) is 0 Å². The fourth-order valence-corrected chi connectivity index (χ4v) is 5.18. The molecule has 30 heavy (non-hydrogen) atoms. The highest BCUT2D eigenvalue weighted by Crippen LogP contribution is 2.56. The Labute approximate surface area is 172 Å². The van der Waals surface area contributed by atoms with Crippen LogP contribution in [0.3, 0.4) is 0 Å². The third-order valence-electron chi connectivity index (χ3n) is 6.65. The number of carbonyl (C=O) groups is 4. The number of ether oxygens (including phenoxy) is 1. The van der Waals surface area contributed by atoms with Crippen molar-refractivity contribution in [2.75, 3.05) is 13.2 Å². The minimum atomic E-state index is -0.703. The van der Waals surface area contributed by atoms with Crippen LogP contribution in [-0.4, -0.2) is 46.5 Å². The number of carbonyl (C=O) groups excluding carboxylic acids is 4. The van der Waals surface area contributed by atoms with E-state index >= 15 is 0 Å². The maximum Gasteiger partial charge on any atom is 0.308 e. The van der Waals surface area contributed by atoms with Gasteiger partial charge in [-0.25, -0.2) is 0 Å². The highest BCUT2D eigenvalue weighted by atomic mass is 16.6. The van der Waals surface area contributed by atoms with Gasteiger partial charge < -0.3 is 4.74 Å². The van der Waals surface area contributed by atoms with Crippen molar-refractivity contribution in [3.8, 4) is 0 Å². The Morgan fingerprint density at radius 2 is 1.80 bits per heavy atom. The van der Waals surface area contributed by atoms with E-state index in [4.69, 9.17) is 4.74 Å². The molecule has 3 aliphatic rings. The van der Waals surface area contributed by atoms with Crippen molar-refractivity contribution >= 4 is 29.3 Å². The Hall–Kier alpha value is -3.10. The first kappa shape index (κ1) is 20.2. The summed E-state index contributed by atoms with van der Waals surface area (Å²) < 4.78 is 4.96. The van der Waals surface area contributed by atoms with Crippen molar-refractivity contribution in [1.82, 2.24) is 4.90 Å². The number of fused-ring (bicyclic) bond motifs is 5. The van der Waals surface area contributed by atoms with Gasteiger partial charge in [0.1, 0.15) is 0 Å². The van der Waals surface area contributed by atoms with Gasteiger partial charge in [-0.15, -0.1) is 0 Å². The molecule has 9 nitrogen and oxygen atoms in total. The average molecular weight is 414 g/mol. The minimum absolute atomic E-state index is 0.0485. The van der Waals surface area contributed by atoms with Crippen molar-refractivity contribution in [2.24, 2.45) is 23.7 Å². The van der Waals surface area contributed by atoms with Crippen molar-refractivity contribution in [2.45, 2.75) is 32.6 Å². The van der Waals surface area contributed by atoms with E-state index in [1.165, 1.54) is 17.0 Å². The molecule has 4 rings (SSSR count). The van der Waals surface area contributed by atoms with Crippen LogP contribution in [0.1, 0.15) is 41.6 Å². The number of hydrogen-bond donors (Lipinski definition) is 0. The fraction of sp³-hybridized carbons (Fsp3) is 0.524. The lowest BCUT2D eigenvalue weighted by atomic mass is 9.81. The lowest BCUT2D eigenvalue weighted by molar-refractivity contribution is -0.385. The molecule has 1 aliphatic heterocycles. The summed E-state index contributed by atoms with van der Waals surface area (Å²) in [4.78, 5) is 61.0. The zero-order valence-corrected chi connectivity index (χ0v) is 16.5. The molecule has 0 N–H and O–H groups in total. The smallest absolute Gasteiger partial charge is 0.308 e. The second-order valence-corrected chi connectivity index (χ2v) is 8.31. The summed E-state index contributed by atoms with van der Waals surface area (Å²) >= 11 is 0. The van der Waals surface area contributed by atoms with Gasteiger partial charge in [0.15, 0.2) is 6.61 Å². The van der Waals surface area contributed by atoms with E-state index in [1.54, 1.807) is 6.92 Å². The number of aryl methyl sites for hydroxylation is 1. The molecular weight excluding hydrogens is 392 g/mol. The summed E-state index contributed by atoms with van der Waals surface area (Å²) in [6.07, 6.45) is 2.73. The highest BCUT2D eigenvalue weighted by molar-refractivity contribution is 6.06. The number of hydrogen-bond acceptors (Lipinski definition) is 7. The topological polar surface area (TPSA) is 124 Å². The number of amides is 2. The van der Waals surface area contributed by atoms with Crippen LogP contribution in [0.25, 0.3) is 0 Å². The lowest BCUT2D eigenvalue weighted by Gasteiger charge is -2.19. The fourth-order valence-electron chi connectivity index (χ4n) is 5.18. The molecule has 1 aromatic rings. The molecule has 0 unspecified atom stereocenters. The highest BCUT2D eigenvalue weighted by Gasteiger charge is 2.60. The number of imide groups is 1. The van der Waals surface area contributed by atoms with Crippen LogP contribution in [0.5, 0.6) is 0 Å². The summed E-state index contributed by atoms with van der Waals surface area (Å²) in [5.41, 5.74) is 0.317. The van der Waals surface area contributed by atoms with Crippen molar-refractivity contribution in [3.63, 3.8) is 0 Å². The molecule has 2 amide bonds. The van der Waals surface area contributed by atoms with Crippen LogP contribution in [0, 0.1) is 40.7 Å². The monoisotopic (exact) mass is 414 g/mol. The quantitative estimate of drug-likeness (QED) is 0.220. The van der Waals surface area contributed by atoms with Gasteiger partial charge in [0.2, 0.25) is 17.6 Å². The molecular formula is C21H22N2O7. The summed E-state index contributed by atoms with van der Waals surface area (Å²) in [5.74, 6) is -1.54. The van der Waals surface area contributed by atoms with Gasteiger partial charge in [0, 0.05) is 23.7 Å². The third kappa shape index (κ3) is 3.38. The predicted molar refractivity (Wildman–Crippen MR) is 102 cm³/mol. The Kier molecular flexibility index (Phi) is 5.13. The van der Waals surface area contributed by atoms with Crippen molar-refractivity contribution in [1.29, 1.82) is 0 Å². The van der Waals surface area contributed by atoms with E-state index < -0.39 is 23.3 Å². The number of nitro benzene ring substituents is 1. The number of benzene rings is 1. The number of likely N-dealkylation sites (tertiary alicyclic amines) is 1. The zero-order chi connectivity index (χ0) is 21.6. The molecule has 1 heterocycles. The number of nitro groups is 1. The van der Waals surface area contributed by atoms with Crippen LogP contribution in [0.4, 0.5) is 5.69 Å². The number of Topliss-reactive ketones (excluding diaryl/α,β-unsaturated/α-hetero) is 1. The lowest BCUT2D eigenvalue weighted by Crippen LogP contribution is -2.35. The standard InChI is InChI=1S/C21H22N2O7/c1-11-2-3-12(9-15(11)23(28)29)16(24)10-30-17(25)6-7-22-20(26)18-13-4-5-14(8-13)19(18)21(22)27/h2-3,9,13-14,18-19H,4-8,10H2,1H3/t13-,14-,18-,19+/m0/s1.